The summed E-state index contributed by atoms with van der Waals surface area (Å²) in [5, 5.41) is 1.16. The van der Waals surface area contributed by atoms with Crippen LogP contribution < -0.4 is 5.73 Å². The predicted octanol–water partition coefficient (Wildman–Crippen LogP) is 6.45. The number of rotatable bonds is 14. The van der Waals surface area contributed by atoms with Crippen molar-refractivity contribution >= 4 is 51.8 Å². The molecule has 5 rings (SSSR count). The van der Waals surface area contributed by atoms with E-state index in [0.29, 0.717) is 53.6 Å². The van der Waals surface area contributed by atoms with Gasteiger partial charge in [-0.25, -0.2) is 4.98 Å². The number of aromatic nitrogens is 1. The number of carbonyl (C=O) groups is 3. The number of likely N-dealkylation sites (tertiary alicyclic amines) is 1. The molecule has 0 aliphatic carbocycles. The summed E-state index contributed by atoms with van der Waals surface area (Å²) in [7, 11) is 0. The third-order valence-corrected chi connectivity index (χ3v) is 8.41. The second-order valence-corrected chi connectivity index (χ2v) is 12.0. The molecule has 4 aromatic rings. The summed E-state index contributed by atoms with van der Waals surface area (Å²) in [6, 6.07) is 20.9. The SMILES string of the molecule is NCCCC[C@H](CC(=O)[C@@H]1C[C@@H](OCc2ccc(Cl)cc2)CN1C(=O)Cc1cccc(Cl)c1)C(=O)c1nc2ccccc2o1. The Morgan fingerprint density at radius 3 is 2.52 bits per heavy atom. The maximum Gasteiger partial charge on any atom is 0.264 e. The molecule has 0 radical (unpaired) electrons. The van der Waals surface area contributed by atoms with Crippen LogP contribution in [-0.2, 0) is 27.4 Å². The van der Waals surface area contributed by atoms with Crippen molar-refractivity contribution in [3.05, 3.63) is 99.9 Å². The summed E-state index contributed by atoms with van der Waals surface area (Å²) in [6.07, 6.45) is 1.88. The van der Waals surface area contributed by atoms with Crippen molar-refractivity contribution in [3.63, 3.8) is 0 Å². The van der Waals surface area contributed by atoms with Crippen molar-refractivity contribution in [1.82, 2.24) is 9.88 Å². The third-order valence-electron chi connectivity index (χ3n) is 7.93. The van der Waals surface area contributed by atoms with Gasteiger partial charge in [0, 0.05) is 35.3 Å². The van der Waals surface area contributed by atoms with Gasteiger partial charge in [-0.2, -0.15) is 0 Å². The number of carbonyl (C=O) groups excluding carboxylic acids is 3. The number of benzene rings is 3. The molecule has 1 fully saturated rings. The first-order valence-electron chi connectivity index (χ1n) is 14.8. The second-order valence-electron chi connectivity index (χ2n) is 11.2. The number of nitrogens with two attached hydrogens (primary N) is 1. The van der Waals surface area contributed by atoms with Crippen molar-refractivity contribution in [2.45, 2.75) is 57.3 Å². The van der Waals surface area contributed by atoms with E-state index >= 15 is 0 Å². The Kier molecular flexibility index (Phi) is 10.8. The Morgan fingerprint density at radius 1 is 0.977 bits per heavy atom. The number of ether oxygens (including phenoxy) is 1. The average molecular weight is 637 g/mol. The minimum atomic E-state index is -0.731. The molecule has 1 aromatic heterocycles. The molecule has 2 N–H and O–H groups in total. The monoisotopic (exact) mass is 635 g/mol. The lowest BCUT2D eigenvalue weighted by molar-refractivity contribution is -0.137. The molecule has 0 spiro atoms. The molecule has 3 aromatic carbocycles. The minimum absolute atomic E-state index is 0.0127. The van der Waals surface area contributed by atoms with Crippen molar-refractivity contribution in [1.29, 1.82) is 0 Å². The minimum Gasteiger partial charge on any atom is -0.434 e. The highest BCUT2D eigenvalue weighted by Gasteiger charge is 2.41. The van der Waals surface area contributed by atoms with Crippen molar-refractivity contribution in [3.8, 4) is 0 Å². The van der Waals surface area contributed by atoms with Crippen molar-refractivity contribution in [2.24, 2.45) is 11.7 Å². The van der Waals surface area contributed by atoms with Crippen molar-refractivity contribution in [2.75, 3.05) is 13.1 Å². The number of hydrogen-bond acceptors (Lipinski definition) is 7. The summed E-state index contributed by atoms with van der Waals surface area (Å²) in [5.74, 6) is -1.38. The molecule has 1 aliphatic rings. The zero-order chi connectivity index (χ0) is 31.1. The fraction of sp³-hybridized carbons (Fsp3) is 0.353. The van der Waals surface area contributed by atoms with Crippen LogP contribution in [0.4, 0.5) is 0 Å². The van der Waals surface area contributed by atoms with Crippen LogP contribution in [0.25, 0.3) is 11.1 Å². The van der Waals surface area contributed by atoms with Crippen LogP contribution in [0, 0.1) is 5.92 Å². The fourth-order valence-corrected chi connectivity index (χ4v) is 5.95. The molecule has 1 aliphatic heterocycles. The molecule has 44 heavy (non-hydrogen) atoms. The average Bonchev–Trinajstić information content (AvgIpc) is 3.65. The normalized spacial score (nSPS) is 17.2. The maximum atomic E-state index is 14.0. The summed E-state index contributed by atoms with van der Waals surface area (Å²) in [6.45, 7) is 1.07. The Hall–Kier alpha value is -3.56. The highest BCUT2D eigenvalue weighted by molar-refractivity contribution is 6.30. The number of nitrogens with zero attached hydrogens (tertiary/aromatic N) is 2. The number of halogens is 2. The van der Waals surface area contributed by atoms with Crippen LogP contribution in [-0.4, -0.2) is 52.6 Å². The van der Waals surface area contributed by atoms with Gasteiger partial charge in [-0.05, 0) is 66.9 Å². The molecule has 2 heterocycles. The van der Waals surface area contributed by atoms with E-state index in [1.807, 2.05) is 30.3 Å². The van der Waals surface area contributed by atoms with Gasteiger partial charge < -0.3 is 19.8 Å². The number of para-hydroxylation sites is 2. The van der Waals surface area contributed by atoms with Gasteiger partial charge in [-0.1, -0.05) is 66.0 Å². The first-order valence-corrected chi connectivity index (χ1v) is 15.6. The molecule has 0 unspecified atom stereocenters. The highest BCUT2D eigenvalue weighted by Crippen LogP contribution is 2.29. The smallest absolute Gasteiger partial charge is 0.264 e. The molecular weight excluding hydrogens is 601 g/mol. The van der Waals surface area contributed by atoms with Crippen LogP contribution >= 0.6 is 23.2 Å². The lowest BCUT2D eigenvalue weighted by Gasteiger charge is -2.25. The van der Waals surface area contributed by atoms with E-state index in [-0.39, 0.29) is 48.9 Å². The molecule has 230 valence electrons. The Balaban J connectivity index is 1.34. The largest absolute Gasteiger partial charge is 0.434 e. The Morgan fingerprint density at radius 2 is 1.77 bits per heavy atom. The Labute approximate surface area is 266 Å². The van der Waals surface area contributed by atoms with E-state index in [0.717, 1.165) is 17.5 Å². The lowest BCUT2D eigenvalue weighted by atomic mass is 9.89. The number of fused-ring (bicyclic) bond motifs is 1. The van der Waals surface area contributed by atoms with Gasteiger partial charge in [-0.15, -0.1) is 0 Å². The summed E-state index contributed by atoms with van der Waals surface area (Å²) in [5.41, 5.74) is 8.50. The number of Topliss-reactive ketones (excluding diaryl/α,β-unsaturated/α-hetero) is 2. The molecule has 10 heteroatoms. The van der Waals surface area contributed by atoms with E-state index < -0.39 is 12.0 Å². The van der Waals surface area contributed by atoms with E-state index in [1.165, 1.54) is 0 Å². The summed E-state index contributed by atoms with van der Waals surface area (Å²) >= 11 is 12.2. The molecule has 1 amide bonds. The summed E-state index contributed by atoms with van der Waals surface area (Å²) < 4.78 is 11.9. The van der Waals surface area contributed by atoms with E-state index in [1.54, 1.807) is 47.4 Å². The highest BCUT2D eigenvalue weighted by atomic mass is 35.5. The van der Waals surface area contributed by atoms with Gasteiger partial charge in [0.15, 0.2) is 11.4 Å². The number of ketones is 2. The predicted molar refractivity (Wildman–Crippen MR) is 170 cm³/mol. The van der Waals surface area contributed by atoms with Gasteiger partial charge in [0.05, 0.1) is 25.2 Å². The number of hydrogen-bond donors (Lipinski definition) is 1. The molecular formula is C34H35Cl2N3O5. The molecule has 8 nitrogen and oxygen atoms in total. The lowest BCUT2D eigenvalue weighted by Crippen LogP contribution is -2.42. The molecule has 3 atom stereocenters. The quantitative estimate of drug-likeness (QED) is 0.125. The maximum absolute atomic E-state index is 14.0. The van der Waals surface area contributed by atoms with E-state index in [2.05, 4.69) is 4.98 Å². The first-order chi connectivity index (χ1) is 21.3. The molecule has 1 saturated heterocycles. The first kappa shape index (κ1) is 31.9. The van der Waals surface area contributed by atoms with Gasteiger partial charge in [0.25, 0.3) is 5.89 Å². The van der Waals surface area contributed by atoms with Crippen LogP contribution in [0.3, 0.4) is 0 Å². The topological polar surface area (TPSA) is 116 Å². The number of oxazole rings is 1. The second kappa shape index (κ2) is 14.9. The molecule has 0 bridgehead atoms. The van der Waals surface area contributed by atoms with Gasteiger partial charge in [-0.3, -0.25) is 14.4 Å². The van der Waals surface area contributed by atoms with Gasteiger partial charge in [0.2, 0.25) is 11.7 Å². The molecule has 0 saturated carbocycles. The van der Waals surface area contributed by atoms with Crippen LogP contribution in [0.1, 0.15) is 53.9 Å². The van der Waals surface area contributed by atoms with Gasteiger partial charge in [0.1, 0.15) is 5.52 Å². The summed E-state index contributed by atoms with van der Waals surface area (Å²) in [4.78, 5) is 47.2. The third kappa shape index (κ3) is 8.12. The fourth-order valence-electron chi connectivity index (χ4n) is 5.61. The standard InChI is InChI=1S/C34H35Cl2N3O5/c35-25-13-11-22(12-14-25)21-43-27-19-29(39(20-27)32(41)17-23-6-5-8-26(36)16-23)30(40)18-24(7-3-4-15-37)33(42)34-38-28-9-1-2-10-31(28)44-34/h1-2,5-6,8-14,16,24,27,29H,3-4,7,15,17-21,37H2/t24-,27-,29+/m1/s1. The van der Waals surface area contributed by atoms with Crippen LogP contribution in [0.2, 0.25) is 10.0 Å². The van der Waals surface area contributed by atoms with Crippen molar-refractivity contribution < 1.29 is 23.5 Å². The van der Waals surface area contributed by atoms with E-state index in [4.69, 9.17) is 38.1 Å². The van der Waals surface area contributed by atoms with Crippen LogP contribution in [0.15, 0.2) is 77.2 Å². The van der Waals surface area contributed by atoms with Crippen LogP contribution in [0.5, 0.6) is 0 Å². The van der Waals surface area contributed by atoms with Gasteiger partial charge >= 0.3 is 0 Å². The number of unbranched alkanes of at least 4 members (excludes halogenated alkanes) is 1. The Bertz CT molecular complexity index is 1570. The number of amides is 1. The zero-order valence-corrected chi connectivity index (χ0v) is 25.8. The zero-order valence-electron chi connectivity index (χ0n) is 24.3. The van der Waals surface area contributed by atoms with E-state index in [9.17, 15) is 14.4 Å².